The summed E-state index contributed by atoms with van der Waals surface area (Å²) in [6, 6.07) is 21.8. The van der Waals surface area contributed by atoms with Crippen LogP contribution in [0.25, 0.3) is 43.2 Å². The van der Waals surface area contributed by atoms with Gasteiger partial charge in [-0.3, -0.25) is 4.98 Å². The molecule has 6 rings (SSSR count). The van der Waals surface area contributed by atoms with Crippen molar-refractivity contribution < 1.29 is 0 Å². The summed E-state index contributed by atoms with van der Waals surface area (Å²) in [6.07, 6.45) is 1.93. The standard InChI is InChI=1S/C22H14N2/c1-24-17-8-4-5-13-9-10-15-14-6-2-3-7-16(14)22-21(20(15)19(13)17)18(24)11-12-23-22/h2-12H,1H3. The molecule has 0 fully saturated rings. The van der Waals surface area contributed by atoms with Crippen molar-refractivity contribution in [1.82, 2.24) is 4.98 Å². The smallest absolute Gasteiger partial charge is 0.0807 e. The monoisotopic (exact) mass is 306 g/mol. The molecule has 0 aliphatic carbocycles. The summed E-state index contributed by atoms with van der Waals surface area (Å²) in [4.78, 5) is 7.06. The maximum atomic E-state index is 4.76. The minimum atomic E-state index is 1.10. The fraction of sp³-hybridized carbons (Fsp3) is 0.0455. The number of fused-ring (bicyclic) bond motifs is 3. The number of benzene rings is 4. The van der Waals surface area contributed by atoms with E-state index >= 15 is 0 Å². The fourth-order valence-corrected chi connectivity index (χ4v) is 4.36. The second kappa shape index (κ2) is 4.04. The third kappa shape index (κ3) is 1.27. The zero-order valence-corrected chi connectivity index (χ0v) is 13.2. The molecular formula is C22H14N2. The van der Waals surface area contributed by atoms with Gasteiger partial charge in [-0.25, -0.2) is 0 Å². The third-order valence-electron chi connectivity index (χ3n) is 5.40. The Morgan fingerprint density at radius 3 is 2.42 bits per heavy atom. The van der Waals surface area contributed by atoms with Crippen molar-refractivity contribution in [2.24, 2.45) is 0 Å². The molecule has 0 radical (unpaired) electrons. The maximum Gasteiger partial charge on any atom is 0.0807 e. The molecule has 2 heteroatoms. The van der Waals surface area contributed by atoms with Gasteiger partial charge >= 0.3 is 0 Å². The summed E-state index contributed by atoms with van der Waals surface area (Å²) >= 11 is 0. The van der Waals surface area contributed by atoms with E-state index in [1.54, 1.807) is 0 Å². The molecule has 1 aliphatic heterocycles. The Balaban J connectivity index is 2.11. The number of rotatable bonds is 0. The van der Waals surface area contributed by atoms with Crippen molar-refractivity contribution >= 4 is 54.6 Å². The Labute approximate surface area is 138 Å². The number of hydrogen-bond acceptors (Lipinski definition) is 2. The Kier molecular flexibility index (Phi) is 2.07. The number of hydrogen-bond donors (Lipinski definition) is 0. The van der Waals surface area contributed by atoms with Gasteiger partial charge in [0.25, 0.3) is 0 Å². The van der Waals surface area contributed by atoms with E-state index in [1.165, 1.54) is 49.1 Å². The van der Waals surface area contributed by atoms with Gasteiger partial charge in [-0.2, -0.15) is 0 Å². The highest BCUT2D eigenvalue weighted by atomic mass is 15.1. The lowest BCUT2D eigenvalue weighted by molar-refractivity contribution is 1.22. The van der Waals surface area contributed by atoms with E-state index in [2.05, 4.69) is 72.6 Å². The van der Waals surface area contributed by atoms with Gasteiger partial charge in [-0.1, -0.05) is 48.5 Å². The van der Waals surface area contributed by atoms with Crippen LogP contribution in [0.1, 0.15) is 0 Å². The maximum absolute atomic E-state index is 4.76. The van der Waals surface area contributed by atoms with Crippen LogP contribution in [0.4, 0.5) is 11.4 Å². The Morgan fingerprint density at radius 1 is 0.667 bits per heavy atom. The first-order valence-electron chi connectivity index (χ1n) is 8.23. The molecule has 1 aliphatic rings. The highest BCUT2D eigenvalue weighted by Crippen LogP contribution is 2.48. The van der Waals surface area contributed by atoms with Crippen molar-refractivity contribution in [2.45, 2.75) is 0 Å². The number of nitrogens with zero attached hydrogens (tertiary/aromatic N) is 2. The van der Waals surface area contributed by atoms with Gasteiger partial charge in [-0.05, 0) is 28.3 Å². The average Bonchev–Trinajstić information content (AvgIpc) is 2.65. The van der Waals surface area contributed by atoms with Crippen LogP contribution in [0.3, 0.4) is 0 Å². The molecule has 0 N–H and O–H groups in total. The fourth-order valence-electron chi connectivity index (χ4n) is 4.36. The van der Waals surface area contributed by atoms with Crippen LogP contribution in [-0.4, -0.2) is 12.0 Å². The van der Waals surface area contributed by atoms with Crippen molar-refractivity contribution in [1.29, 1.82) is 0 Å². The summed E-state index contributed by atoms with van der Waals surface area (Å²) < 4.78 is 0. The van der Waals surface area contributed by atoms with Gasteiger partial charge in [0.15, 0.2) is 0 Å². The molecular weight excluding hydrogens is 292 g/mol. The van der Waals surface area contributed by atoms with Crippen LogP contribution in [0, 0.1) is 0 Å². The van der Waals surface area contributed by atoms with Crippen molar-refractivity contribution in [3.8, 4) is 0 Å². The Hall–Kier alpha value is -3.13. The first kappa shape index (κ1) is 12.3. The van der Waals surface area contributed by atoms with Crippen LogP contribution in [0.5, 0.6) is 0 Å². The highest BCUT2D eigenvalue weighted by Gasteiger charge is 2.23. The normalized spacial score (nSPS) is 13.1. The van der Waals surface area contributed by atoms with Crippen molar-refractivity contribution in [3.63, 3.8) is 0 Å². The number of pyridine rings is 1. The summed E-state index contributed by atoms with van der Waals surface area (Å²) in [6.45, 7) is 0. The molecule has 112 valence electrons. The van der Waals surface area contributed by atoms with Crippen LogP contribution in [0.15, 0.2) is 66.9 Å². The first-order chi connectivity index (χ1) is 11.8. The molecule has 24 heavy (non-hydrogen) atoms. The van der Waals surface area contributed by atoms with E-state index in [9.17, 15) is 0 Å². The molecule has 2 heterocycles. The molecule has 0 amide bonds. The van der Waals surface area contributed by atoms with Gasteiger partial charge in [0.2, 0.25) is 0 Å². The summed E-state index contributed by atoms with van der Waals surface area (Å²) in [5.74, 6) is 0. The van der Waals surface area contributed by atoms with Crippen LogP contribution < -0.4 is 4.90 Å². The second-order valence-corrected chi connectivity index (χ2v) is 6.52. The van der Waals surface area contributed by atoms with E-state index in [1.807, 2.05) is 6.20 Å². The van der Waals surface area contributed by atoms with E-state index < -0.39 is 0 Å². The Bertz CT molecular complexity index is 1320. The van der Waals surface area contributed by atoms with E-state index in [0.717, 1.165) is 5.52 Å². The van der Waals surface area contributed by atoms with E-state index in [4.69, 9.17) is 4.98 Å². The summed E-state index contributed by atoms with van der Waals surface area (Å²) in [5.41, 5.74) is 3.61. The van der Waals surface area contributed by atoms with E-state index in [-0.39, 0.29) is 0 Å². The van der Waals surface area contributed by atoms with Gasteiger partial charge in [0.05, 0.1) is 11.2 Å². The molecule has 5 aromatic rings. The van der Waals surface area contributed by atoms with Crippen molar-refractivity contribution in [3.05, 3.63) is 66.9 Å². The predicted molar refractivity (Wildman–Crippen MR) is 102 cm³/mol. The average molecular weight is 306 g/mol. The Morgan fingerprint density at radius 2 is 1.50 bits per heavy atom. The second-order valence-electron chi connectivity index (χ2n) is 6.52. The molecule has 0 spiro atoms. The molecule has 2 nitrogen and oxygen atoms in total. The lowest BCUT2D eigenvalue weighted by Gasteiger charge is -2.29. The molecule has 0 bridgehead atoms. The topological polar surface area (TPSA) is 16.1 Å². The number of anilines is 2. The zero-order chi connectivity index (χ0) is 15.8. The minimum Gasteiger partial charge on any atom is -0.343 e. The third-order valence-corrected chi connectivity index (χ3v) is 5.40. The van der Waals surface area contributed by atoms with Crippen LogP contribution in [0.2, 0.25) is 0 Å². The van der Waals surface area contributed by atoms with Crippen LogP contribution >= 0.6 is 0 Å². The zero-order valence-electron chi connectivity index (χ0n) is 13.2. The quantitative estimate of drug-likeness (QED) is 0.337. The van der Waals surface area contributed by atoms with Crippen molar-refractivity contribution in [2.75, 3.05) is 11.9 Å². The lowest BCUT2D eigenvalue weighted by atomic mass is 9.89. The summed E-state index contributed by atoms with van der Waals surface area (Å²) in [5, 5.41) is 9.09. The highest BCUT2D eigenvalue weighted by molar-refractivity contribution is 6.36. The van der Waals surface area contributed by atoms with E-state index in [0.29, 0.717) is 0 Å². The van der Waals surface area contributed by atoms with Gasteiger partial charge < -0.3 is 4.90 Å². The molecule has 1 aromatic heterocycles. The van der Waals surface area contributed by atoms with Gasteiger partial charge in [0.1, 0.15) is 0 Å². The molecule has 0 unspecified atom stereocenters. The van der Waals surface area contributed by atoms with Gasteiger partial charge in [0, 0.05) is 40.5 Å². The molecule has 4 aromatic carbocycles. The number of aromatic nitrogens is 1. The predicted octanol–water partition coefficient (Wildman–Crippen LogP) is 5.78. The first-order valence-corrected chi connectivity index (χ1v) is 8.23. The van der Waals surface area contributed by atoms with Gasteiger partial charge in [-0.15, -0.1) is 0 Å². The molecule has 0 saturated carbocycles. The largest absolute Gasteiger partial charge is 0.343 e. The molecule has 0 saturated heterocycles. The molecule has 0 atom stereocenters. The van der Waals surface area contributed by atoms with Crippen LogP contribution in [-0.2, 0) is 0 Å². The lowest BCUT2D eigenvalue weighted by Crippen LogP contribution is -2.13. The summed E-state index contributed by atoms with van der Waals surface area (Å²) in [7, 11) is 2.15. The minimum absolute atomic E-state index is 1.10. The SMILES string of the molecule is CN1c2cccc3ccc4c5ccccc5c5nccc1c5c4c23.